The summed E-state index contributed by atoms with van der Waals surface area (Å²) in [6, 6.07) is 7.15. The topological polar surface area (TPSA) is 142 Å². The molecule has 194 valence electrons. The van der Waals surface area contributed by atoms with E-state index < -0.39 is 5.82 Å². The van der Waals surface area contributed by atoms with Crippen molar-refractivity contribution in [2.75, 3.05) is 5.32 Å². The van der Waals surface area contributed by atoms with Crippen molar-refractivity contribution in [2.24, 2.45) is 5.92 Å². The summed E-state index contributed by atoms with van der Waals surface area (Å²) in [6.45, 7) is 5.09. The minimum absolute atomic E-state index is 0.00685. The van der Waals surface area contributed by atoms with Gasteiger partial charge in [-0.05, 0) is 31.2 Å². The summed E-state index contributed by atoms with van der Waals surface area (Å²) in [5.74, 6) is -0.613. The molecule has 1 amide bonds. The molecule has 0 bridgehead atoms. The molecule has 10 nitrogen and oxygen atoms in total. The number of H-pyrrole nitrogens is 2. The van der Waals surface area contributed by atoms with Crippen LogP contribution in [0, 0.1) is 11.7 Å². The smallest absolute Gasteiger partial charge is 0.226 e. The normalized spacial score (nSPS) is 11.5. The average Bonchev–Trinajstić information content (AvgIpc) is 3.66. The van der Waals surface area contributed by atoms with Crippen LogP contribution >= 0.6 is 11.3 Å². The second-order valence-electron chi connectivity index (χ2n) is 9.25. The highest BCUT2D eigenvalue weighted by Crippen LogP contribution is 2.36. The summed E-state index contributed by atoms with van der Waals surface area (Å²) in [5, 5.41) is 9.96. The van der Waals surface area contributed by atoms with Gasteiger partial charge in [0, 0.05) is 46.1 Å². The maximum atomic E-state index is 16.0. The van der Waals surface area contributed by atoms with Gasteiger partial charge in [-0.25, -0.2) is 19.3 Å². The van der Waals surface area contributed by atoms with Crippen LogP contribution in [0.3, 0.4) is 0 Å². The number of nitrogens with zero attached hydrogens (tertiary/aromatic N) is 5. The monoisotopic (exact) mass is 540 g/mol. The Morgan fingerprint density at radius 2 is 1.90 bits per heavy atom. The fourth-order valence-electron chi connectivity index (χ4n) is 4.17. The number of rotatable bonds is 6. The summed E-state index contributed by atoms with van der Waals surface area (Å²) in [6.07, 6.45) is 6.03. The van der Waals surface area contributed by atoms with Crippen molar-refractivity contribution in [3.05, 3.63) is 59.7 Å². The highest BCUT2D eigenvalue weighted by molar-refractivity contribution is 7.17. The zero-order valence-corrected chi connectivity index (χ0v) is 21.9. The summed E-state index contributed by atoms with van der Waals surface area (Å²) in [5.41, 5.74) is 3.50. The molecule has 0 aromatic carbocycles. The molecule has 0 atom stereocenters. The third kappa shape index (κ3) is 4.34. The summed E-state index contributed by atoms with van der Waals surface area (Å²) >= 11 is 1.38. The first-order valence-electron chi connectivity index (χ1n) is 12.0. The molecule has 0 saturated carbocycles. The molecule has 39 heavy (non-hydrogen) atoms. The Morgan fingerprint density at radius 3 is 2.67 bits per heavy atom. The number of carbonyl (C=O) groups is 2. The number of imidazole rings is 1. The van der Waals surface area contributed by atoms with Gasteiger partial charge in [0.25, 0.3) is 0 Å². The fraction of sp³-hybridized carbons (Fsp3) is 0.148. The quantitative estimate of drug-likeness (QED) is 0.233. The molecule has 6 aromatic heterocycles. The van der Waals surface area contributed by atoms with Crippen molar-refractivity contribution in [1.29, 1.82) is 0 Å². The second kappa shape index (κ2) is 9.48. The number of fused-ring (bicyclic) bond motifs is 2. The average molecular weight is 541 g/mol. The first-order chi connectivity index (χ1) is 18.8. The van der Waals surface area contributed by atoms with Crippen LogP contribution in [0.2, 0.25) is 0 Å². The fourth-order valence-corrected chi connectivity index (χ4v) is 5.11. The number of Topliss-reactive ketones (excluding diaryl/α,β-unsaturated/α-hetero) is 1. The van der Waals surface area contributed by atoms with Gasteiger partial charge in [-0.2, -0.15) is 5.10 Å². The van der Waals surface area contributed by atoms with E-state index in [-0.39, 0.29) is 34.2 Å². The zero-order chi connectivity index (χ0) is 27.3. The number of aromatic amines is 2. The van der Waals surface area contributed by atoms with Crippen LogP contribution in [0.4, 0.5) is 10.1 Å². The van der Waals surface area contributed by atoms with Crippen LogP contribution in [0.1, 0.15) is 30.4 Å². The highest BCUT2D eigenvalue weighted by atomic mass is 32.1. The third-order valence-electron chi connectivity index (χ3n) is 6.21. The van der Waals surface area contributed by atoms with Gasteiger partial charge in [-0.3, -0.25) is 19.7 Å². The molecule has 0 aliphatic rings. The minimum atomic E-state index is -0.559. The lowest BCUT2D eigenvalue weighted by atomic mass is 10.1. The molecule has 6 aromatic rings. The second-order valence-corrected chi connectivity index (χ2v) is 10.3. The van der Waals surface area contributed by atoms with E-state index in [2.05, 4.69) is 40.4 Å². The lowest BCUT2D eigenvalue weighted by Crippen LogP contribution is -2.17. The Hall–Kier alpha value is -4.84. The van der Waals surface area contributed by atoms with Crippen molar-refractivity contribution in [3.8, 4) is 33.1 Å². The van der Waals surface area contributed by atoms with E-state index in [1.807, 2.05) is 12.1 Å². The number of aromatic nitrogens is 7. The number of anilines is 1. The molecule has 0 spiro atoms. The molecule has 6 heterocycles. The molecule has 0 fully saturated rings. The van der Waals surface area contributed by atoms with Crippen molar-refractivity contribution >= 4 is 50.9 Å². The van der Waals surface area contributed by atoms with Gasteiger partial charge in [-0.15, -0.1) is 11.3 Å². The third-order valence-corrected chi connectivity index (χ3v) is 7.43. The molecule has 6 rings (SSSR count). The largest absolute Gasteiger partial charge is 0.335 e. The number of nitrogens with one attached hydrogen (secondary N) is 3. The van der Waals surface area contributed by atoms with E-state index in [0.29, 0.717) is 38.8 Å². The number of pyridine rings is 3. The van der Waals surface area contributed by atoms with E-state index in [9.17, 15) is 9.59 Å². The predicted octanol–water partition coefficient (Wildman–Crippen LogP) is 5.62. The molecule has 12 heteroatoms. The van der Waals surface area contributed by atoms with E-state index in [1.165, 1.54) is 36.9 Å². The molecule has 3 N–H and O–H groups in total. The molecule has 0 unspecified atom stereocenters. The van der Waals surface area contributed by atoms with Crippen molar-refractivity contribution in [3.63, 3.8) is 0 Å². The van der Waals surface area contributed by atoms with Crippen molar-refractivity contribution < 1.29 is 14.0 Å². The SMILES string of the molecule is CC(=O)c1ccc(-c2ccnc3nc(-c4[nH]nc5ncc(-c6cncc(NC(=O)C(C)C)c6)c(F)c45)[nH]c23)s1. The van der Waals surface area contributed by atoms with Crippen LogP contribution < -0.4 is 5.32 Å². The van der Waals surface area contributed by atoms with Crippen molar-refractivity contribution in [2.45, 2.75) is 20.8 Å². The Kier molecular flexibility index (Phi) is 5.95. The maximum Gasteiger partial charge on any atom is 0.226 e. The number of halogens is 1. The van der Waals surface area contributed by atoms with Gasteiger partial charge in [0.15, 0.2) is 22.9 Å². The van der Waals surface area contributed by atoms with Gasteiger partial charge >= 0.3 is 0 Å². The van der Waals surface area contributed by atoms with Gasteiger partial charge in [0.05, 0.1) is 27.7 Å². The molecule has 0 saturated heterocycles. The number of hydrogen-bond acceptors (Lipinski definition) is 8. The zero-order valence-electron chi connectivity index (χ0n) is 21.0. The van der Waals surface area contributed by atoms with E-state index in [4.69, 9.17) is 0 Å². The first-order valence-corrected chi connectivity index (χ1v) is 12.9. The van der Waals surface area contributed by atoms with E-state index >= 15 is 4.39 Å². The number of ketones is 1. The van der Waals surface area contributed by atoms with Crippen molar-refractivity contribution in [1.82, 2.24) is 35.1 Å². The van der Waals surface area contributed by atoms with E-state index in [0.717, 1.165) is 10.4 Å². The molecular weight excluding hydrogens is 519 g/mol. The number of amides is 1. The highest BCUT2D eigenvalue weighted by Gasteiger charge is 2.22. The number of carbonyl (C=O) groups excluding carboxylic acids is 2. The summed E-state index contributed by atoms with van der Waals surface area (Å²) < 4.78 is 16.0. The van der Waals surface area contributed by atoms with Crippen LogP contribution in [-0.4, -0.2) is 46.8 Å². The van der Waals surface area contributed by atoms with Gasteiger partial charge in [0.1, 0.15) is 11.5 Å². The lowest BCUT2D eigenvalue weighted by molar-refractivity contribution is -0.118. The van der Waals surface area contributed by atoms with Crippen LogP contribution in [-0.2, 0) is 4.79 Å². The molecule has 0 aliphatic heterocycles. The standard InChI is InChI=1S/C27H21FN8O2S/c1-12(2)27(38)32-15-8-14(9-29-10-15)17-11-31-24-20(21(17)28)23(35-36-24)26-33-22-16(6-7-30-25(22)34-26)19-5-4-18(39-19)13(3)37/h4-12H,1-3H3,(H,32,38)(H,30,33,34)(H,31,35,36). The molecule has 0 aliphatic carbocycles. The van der Waals surface area contributed by atoms with E-state index in [1.54, 1.807) is 32.2 Å². The predicted molar refractivity (Wildman–Crippen MR) is 147 cm³/mol. The minimum Gasteiger partial charge on any atom is -0.335 e. The van der Waals surface area contributed by atoms with Crippen LogP contribution in [0.15, 0.2) is 49.1 Å². The Labute approximate surface area is 224 Å². The Bertz CT molecular complexity index is 1900. The first kappa shape index (κ1) is 24.5. The van der Waals surface area contributed by atoms with Gasteiger partial charge in [0.2, 0.25) is 5.91 Å². The van der Waals surface area contributed by atoms with Crippen LogP contribution in [0.5, 0.6) is 0 Å². The Balaban J connectivity index is 1.44. The Morgan fingerprint density at radius 1 is 1.05 bits per heavy atom. The maximum absolute atomic E-state index is 16.0. The van der Waals surface area contributed by atoms with Crippen LogP contribution in [0.25, 0.3) is 55.3 Å². The summed E-state index contributed by atoms with van der Waals surface area (Å²) in [7, 11) is 0. The van der Waals surface area contributed by atoms with Gasteiger partial charge in [-0.1, -0.05) is 13.8 Å². The number of thiophene rings is 1. The van der Waals surface area contributed by atoms with Gasteiger partial charge < -0.3 is 10.3 Å². The molecule has 0 radical (unpaired) electrons. The molecular formula is C27H21FN8O2S. The lowest BCUT2D eigenvalue weighted by Gasteiger charge is -2.09. The number of hydrogen-bond donors (Lipinski definition) is 3. The summed E-state index contributed by atoms with van der Waals surface area (Å²) in [4.78, 5) is 46.1.